The Labute approximate surface area is 118 Å². The minimum atomic E-state index is -0.0470. The van der Waals surface area contributed by atoms with Crippen LogP contribution in [0.1, 0.15) is 39.6 Å². The summed E-state index contributed by atoms with van der Waals surface area (Å²) < 4.78 is 13.1. The molecule has 1 aliphatic heterocycles. The number of imidazole rings is 1. The highest BCUT2D eigenvalue weighted by atomic mass is 16.7. The number of rotatable bonds is 2. The van der Waals surface area contributed by atoms with Crippen LogP contribution in [0.15, 0.2) is 12.1 Å². The summed E-state index contributed by atoms with van der Waals surface area (Å²) in [6.07, 6.45) is 0. The van der Waals surface area contributed by atoms with Crippen molar-refractivity contribution in [2.24, 2.45) is 5.73 Å². The Morgan fingerprint density at radius 3 is 2.55 bits per heavy atom. The third-order valence-corrected chi connectivity index (χ3v) is 3.64. The van der Waals surface area contributed by atoms with Gasteiger partial charge in [0.25, 0.3) is 0 Å². The van der Waals surface area contributed by atoms with Gasteiger partial charge in [0.2, 0.25) is 6.79 Å². The van der Waals surface area contributed by atoms with E-state index in [-0.39, 0.29) is 18.2 Å². The zero-order chi connectivity index (χ0) is 14.5. The molecule has 1 atom stereocenters. The quantitative estimate of drug-likeness (QED) is 0.915. The van der Waals surface area contributed by atoms with Gasteiger partial charge in [-0.15, -0.1) is 0 Å². The Balaban J connectivity index is 2.29. The standard InChI is InChI=1S/C15H21N3O2/c1-9(7-16)18-11-6-13-12(19-8-20-13)5-10(11)17-14(18)15(2,3)4/h5-6,9H,7-8,16H2,1-4H3. The summed E-state index contributed by atoms with van der Waals surface area (Å²) >= 11 is 0. The summed E-state index contributed by atoms with van der Waals surface area (Å²) in [6, 6.07) is 4.15. The van der Waals surface area contributed by atoms with E-state index in [0.717, 1.165) is 28.4 Å². The first-order valence-corrected chi connectivity index (χ1v) is 6.94. The van der Waals surface area contributed by atoms with Crippen LogP contribution in [0.4, 0.5) is 0 Å². The minimum absolute atomic E-state index is 0.0470. The molecule has 5 heteroatoms. The van der Waals surface area contributed by atoms with Crippen molar-refractivity contribution in [1.29, 1.82) is 0 Å². The highest BCUT2D eigenvalue weighted by Crippen LogP contribution is 2.38. The maximum Gasteiger partial charge on any atom is 0.231 e. The predicted octanol–water partition coefficient (Wildman–Crippen LogP) is 2.58. The molecule has 2 aromatic rings. The van der Waals surface area contributed by atoms with E-state index in [9.17, 15) is 0 Å². The van der Waals surface area contributed by atoms with Crippen molar-refractivity contribution in [3.05, 3.63) is 18.0 Å². The predicted molar refractivity (Wildman–Crippen MR) is 78.3 cm³/mol. The zero-order valence-electron chi connectivity index (χ0n) is 12.4. The Bertz CT molecular complexity index is 655. The van der Waals surface area contributed by atoms with Gasteiger partial charge < -0.3 is 19.8 Å². The summed E-state index contributed by atoms with van der Waals surface area (Å²) in [5.41, 5.74) is 7.81. The van der Waals surface area contributed by atoms with Crippen LogP contribution in [0.3, 0.4) is 0 Å². The van der Waals surface area contributed by atoms with Gasteiger partial charge in [-0.1, -0.05) is 20.8 Å². The third kappa shape index (κ3) is 1.93. The number of hydrogen-bond donors (Lipinski definition) is 1. The molecule has 2 N–H and O–H groups in total. The Morgan fingerprint density at radius 2 is 1.95 bits per heavy atom. The molecule has 0 saturated heterocycles. The zero-order valence-corrected chi connectivity index (χ0v) is 12.4. The highest BCUT2D eigenvalue weighted by molar-refractivity contribution is 5.81. The van der Waals surface area contributed by atoms with Crippen molar-refractivity contribution in [2.75, 3.05) is 13.3 Å². The lowest BCUT2D eigenvalue weighted by molar-refractivity contribution is 0.174. The van der Waals surface area contributed by atoms with Crippen molar-refractivity contribution < 1.29 is 9.47 Å². The molecule has 0 amide bonds. The molecular weight excluding hydrogens is 254 g/mol. The molecular formula is C15H21N3O2. The third-order valence-electron chi connectivity index (χ3n) is 3.64. The van der Waals surface area contributed by atoms with Gasteiger partial charge in [-0.2, -0.15) is 0 Å². The number of benzene rings is 1. The number of nitrogens with two attached hydrogens (primary N) is 1. The van der Waals surface area contributed by atoms with Gasteiger partial charge in [-0.05, 0) is 6.92 Å². The van der Waals surface area contributed by atoms with Crippen LogP contribution in [0.25, 0.3) is 11.0 Å². The average Bonchev–Trinajstić information content (AvgIpc) is 2.97. The van der Waals surface area contributed by atoms with Gasteiger partial charge in [-0.3, -0.25) is 0 Å². The largest absolute Gasteiger partial charge is 0.454 e. The molecule has 0 fully saturated rings. The fraction of sp³-hybridized carbons (Fsp3) is 0.533. The van der Waals surface area contributed by atoms with Crippen LogP contribution >= 0.6 is 0 Å². The molecule has 0 saturated carbocycles. The Hall–Kier alpha value is -1.75. The van der Waals surface area contributed by atoms with E-state index < -0.39 is 0 Å². The summed E-state index contributed by atoms with van der Waals surface area (Å²) in [4.78, 5) is 4.80. The molecule has 0 spiro atoms. The second-order valence-electron chi connectivity index (χ2n) is 6.33. The lowest BCUT2D eigenvalue weighted by Crippen LogP contribution is -2.24. The van der Waals surface area contributed by atoms with E-state index in [2.05, 4.69) is 32.3 Å². The summed E-state index contributed by atoms with van der Waals surface area (Å²) in [5.74, 6) is 2.58. The second-order valence-corrected chi connectivity index (χ2v) is 6.33. The molecule has 1 aliphatic rings. The second kappa shape index (κ2) is 4.38. The average molecular weight is 275 g/mol. The number of hydrogen-bond acceptors (Lipinski definition) is 4. The monoisotopic (exact) mass is 275 g/mol. The van der Waals surface area contributed by atoms with Gasteiger partial charge in [0, 0.05) is 30.1 Å². The molecule has 0 bridgehead atoms. The molecule has 1 unspecified atom stereocenters. The van der Waals surface area contributed by atoms with E-state index in [0.29, 0.717) is 6.54 Å². The first-order chi connectivity index (χ1) is 9.41. The topological polar surface area (TPSA) is 62.3 Å². The number of nitrogens with zero attached hydrogens (tertiary/aromatic N) is 2. The van der Waals surface area contributed by atoms with Gasteiger partial charge in [0.05, 0.1) is 11.0 Å². The molecule has 1 aromatic heterocycles. The SMILES string of the molecule is CC(CN)n1c(C(C)(C)C)nc2cc3c(cc21)OCO3. The fourth-order valence-corrected chi connectivity index (χ4v) is 2.57. The van der Waals surface area contributed by atoms with Crippen molar-refractivity contribution in [2.45, 2.75) is 39.2 Å². The maximum absolute atomic E-state index is 5.87. The fourth-order valence-electron chi connectivity index (χ4n) is 2.57. The van der Waals surface area contributed by atoms with Crippen LogP contribution in [0, 0.1) is 0 Å². The summed E-state index contributed by atoms with van der Waals surface area (Å²) in [6.45, 7) is 9.45. The van der Waals surface area contributed by atoms with E-state index in [1.54, 1.807) is 0 Å². The van der Waals surface area contributed by atoms with Gasteiger partial charge in [0.1, 0.15) is 5.82 Å². The molecule has 0 radical (unpaired) electrons. The summed E-state index contributed by atoms with van der Waals surface area (Å²) in [5, 5.41) is 0. The van der Waals surface area contributed by atoms with Crippen LogP contribution in [-0.4, -0.2) is 22.9 Å². The van der Waals surface area contributed by atoms with E-state index in [4.69, 9.17) is 20.2 Å². The van der Waals surface area contributed by atoms with E-state index in [1.165, 1.54) is 0 Å². The number of fused-ring (bicyclic) bond motifs is 2. The van der Waals surface area contributed by atoms with Crippen molar-refractivity contribution in [3.8, 4) is 11.5 Å². The van der Waals surface area contributed by atoms with Gasteiger partial charge in [-0.25, -0.2) is 4.98 Å². The molecule has 20 heavy (non-hydrogen) atoms. The van der Waals surface area contributed by atoms with Gasteiger partial charge in [0.15, 0.2) is 11.5 Å². The number of aromatic nitrogens is 2. The van der Waals surface area contributed by atoms with Crippen LogP contribution in [0.5, 0.6) is 11.5 Å². The number of ether oxygens (including phenoxy) is 2. The lowest BCUT2D eigenvalue weighted by atomic mass is 9.95. The molecule has 5 nitrogen and oxygen atoms in total. The first kappa shape index (κ1) is 13.2. The van der Waals surface area contributed by atoms with E-state index >= 15 is 0 Å². The molecule has 2 heterocycles. The lowest BCUT2D eigenvalue weighted by Gasteiger charge is -2.23. The molecule has 0 aliphatic carbocycles. The van der Waals surface area contributed by atoms with Crippen molar-refractivity contribution >= 4 is 11.0 Å². The van der Waals surface area contributed by atoms with E-state index in [1.807, 2.05) is 12.1 Å². The highest BCUT2D eigenvalue weighted by Gasteiger charge is 2.27. The van der Waals surface area contributed by atoms with Crippen molar-refractivity contribution in [1.82, 2.24) is 9.55 Å². The minimum Gasteiger partial charge on any atom is -0.454 e. The van der Waals surface area contributed by atoms with Crippen LogP contribution in [-0.2, 0) is 5.41 Å². The normalized spacial score (nSPS) is 15.8. The van der Waals surface area contributed by atoms with Gasteiger partial charge >= 0.3 is 0 Å². The Kier molecular flexibility index (Phi) is 2.90. The maximum atomic E-state index is 5.87. The molecule has 3 rings (SSSR count). The summed E-state index contributed by atoms with van der Waals surface area (Å²) in [7, 11) is 0. The van der Waals surface area contributed by atoms with Crippen LogP contribution in [0.2, 0.25) is 0 Å². The van der Waals surface area contributed by atoms with Crippen molar-refractivity contribution in [3.63, 3.8) is 0 Å². The first-order valence-electron chi connectivity index (χ1n) is 6.94. The Morgan fingerprint density at radius 1 is 1.30 bits per heavy atom. The smallest absolute Gasteiger partial charge is 0.231 e. The molecule has 108 valence electrons. The molecule has 1 aromatic carbocycles. The van der Waals surface area contributed by atoms with Crippen LogP contribution < -0.4 is 15.2 Å².